The van der Waals surface area contributed by atoms with Crippen LogP contribution >= 0.6 is 0 Å². The van der Waals surface area contributed by atoms with E-state index in [1.807, 2.05) is 0 Å². The Morgan fingerprint density at radius 2 is 1.86 bits per heavy atom. The number of benzene rings is 1. The monoisotopic (exact) mass is 402 g/mol. The molecule has 0 fully saturated rings. The Hall–Kier alpha value is -1.98. The Bertz CT molecular complexity index is 677. The van der Waals surface area contributed by atoms with Crippen molar-refractivity contribution in [3.8, 4) is 17.0 Å². The van der Waals surface area contributed by atoms with Crippen LogP contribution in [0.25, 0.3) is 11.3 Å². The number of halogens is 3. The van der Waals surface area contributed by atoms with E-state index in [2.05, 4.69) is 33.9 Å². The Kier molecular flexibility index (Phi) is 4.78. The van der Waals surface area contributed by atoms with Gasteiger partial charge in [-0.15, -0.1) is 0 Å². The number of anilines is 1. The normalized spacial score (nSPS) is 11.2. The van der Waals surface area contributed by atoms with Gasteiger partial charge < -0.3 is 0 Å². The first-order valence-corrected chi connectivity index (χ1v) is 6.62. The van der Waals surface area contributed by atoms with Crippen LogP contribution < -0.4 is 9.64 Å². The summed E-state index contributed by atoms with van der Waals surface area (Å²) in [5, 5.41) is 0. The summed E-state index contributed by atoms with van der Waals surface area (Å²) in [6, 6.07) is 6.79. The van der Waals surface area contributed by atoms with Crippen LogP contribution in [0.4, 0.5) is 23.8 Å². The number of aromatic nitrogens is 2. The molecular formula is C13H9F3N3O2Pd. The number of carbonyl (C=O) groups is 1. The number of rotatable bonds is 3. The molecule has 5 nitrogen and oxygen atoms in total. The standard InChI is InChI=1S/C13H9F3N3O2.Pd/c1-19(8-20)12-6-11(17-7-18-12)9-2-4-10(5-3-9)21-13(14,15)16;/h2-7H,1H3;. The van der Waals surface area contributed by atoms with Gasteiger partial charge in [0.1, 0.15) is 0 Å². The van der Waals surface area contributed by atoms with Gasteiger partial charge in [0.25, 0.3) is 0 Å². The van der Waals surface area contributed by atoms with E-state index >= 15 is 0 Å². The van der Waals surface area contributed by atoms with Gasteiger partial charge in [0, 0.05) is 0 Å². The second-order valence-corrected chi connectivity index (χ2v) is 4.78. The summed E-state index contributed by atoms with van der Waals surface area (Å²) in [6.45, 7) is 0. The molecule has 0 aliphatic heterocycles. The molecule has 0 bridgehead atoms. The van der Waals surface area contributed by atoms with E-state index in [1.54, 1.807) is 6.07 Å². The van der Waals surface area contributed by atoms with Crippen molar-refractivity contribution < 1.29 is 41.9 Å². The molecule has 9 heteroatoms. The van der Waals surface area contributed by atoms with E-state index in [4.69, 9.17) is 0 Å². The first-order chi connectivity index (χ1) is 10.3. The summed E-state index contributed by atoms with van der Waals surface area (Å²) in [5.74, 6) is 0.0394. The Morgan fingerprint density at radius 1 is 1.23 bits per heavy atom. The zero-order valence-corrected chi connectivity index (χ0v) is 12.6. The Labute approximate surface area is 134 Å². The molecule has 1 aromatic heterocycles. The maximum atomic E-state index is 12.1. The average Bonchev–Trinajstić information content (AvgIpc) is 2.45. The van der Waals surface area contributed by atoms with Crippen molar-refractivity contribution in [2.75, 3.05) is 11.9 Å². The van der Waals surface area contributed by atoms with Crippen molar-refractivity contribution in [3.05, 3.63) is 36.7 Å². The second-order valence-electron chi connectivity index (χ2n) is 4.12. The van der Waals surface area contributed by atoms with E-state index in [9.17, 15) is 18.0 Å². The minimum atomic E-state index is -4.73. The predicted molar refractivity (Wildman–Crippen MR) is 68.0 cm³/mol. The number of carbonyl (C=O) groups excluding carboxylic acids is 1. The number of alkyl halides is 3. The first-order valence-electron chi connectivity index (χ1n) is 5.84. The molecule has 0 spiro atoms. The van der Waals surface area contributed by atoms with Crippen LogP contribution in [0.1, 0.15) is 0 Å². The molecule has 1 amide bonds. The molecule has 0 saturated heterocycles. The number of hydrogen-bond acceptors (Lipinski definition) is 4. The fourth-order valence-corrected chi connectivity index (χ4v) is 1.78. The van der Waals surface area contributed by atoms with Gasteiger partial charge in [-0.3, -0.25) is 0 Å². The first kappa shape index (κ1) is 16.4. The second kappa shape index (κ2) is 6.42. The van der Waals surface area contributed by atoms with Crippen molar-refractivity contribution >= 4 is 10.2 Å². The molecule has 22 heavy (non-hydrogen) atoms. The van der Waals surface area contributed by atoms with Crippen molar-refractivity contribution in [1.82, 2.24) is 9.97 Å². The van der Waals surface area contributed by atoms with Crippen molar-refractivity contribution in [1.29, 1.82) is 0 Å². The van der Waals surface area contributed by atoms with Gasteiger partial charge in [-0.1, -0.05) is 0 Å². The van der Waals surface area contributed by atoms with Crippen molar-refractivity contribution in [3.63, 3.8) is 0 Å². The molecule has 0 saturated carbocycles. The summed E-state index contributed by atoms with van der Waals surface area (Å²) in [5.41, 5.74) is 1.03. The summed E-state index contributed by atoms with van der Waals surface area (Å²) in [4.78, 5) is 20.5. The number of ether oxygens (including phenoxy) is 1. The van der Waals surface area contributed by atoms with E-state index < -0.39 is 6.36 Å². The average molecular weight is 403 g/mol. The molecule has 0 atom stereocenters. The molecule has 0 N–H and O–H groups in total. The van der Waals surface area contributed by atoms with E-state index in [0.717, 1.165) is 0 Å². The molecule has 1 aromatic carbocycles. The van der Waals surface area contributed by atoms with Crippen LogP contribution in [-0.4, -0.2) is 27.8 Å². The van der Waals surface area contributed by atoms with Gasteiger partial charge in [0.15, 0.2) is 0 Å². The van der Waals surface area contributed by atoms with Gasteiger partial charge in [-0.05, 0) is 0 Å². The number of amides is 1. The fourth-order valence-electron chi connectivity index (χ4n) is 1.60. The molecule has 119 valence electrons. The zero-order valence-electron chi connectivity index (χ0n) is 11.1. The molecule has 0 aliphatic rings. The third kappa shape index (κ3) is 4.26. The summed E-state index contributed by atoms with van der Waals surface area (Å²) in [7, 11) is 1.53. The summed E-state index contributed by atoms with van der Waals surface area (Å²) in [6.07, 6.45) is -3.47. The van der Waals surface area contributed by atoms with Crippen LogP contribution in [0.5, 0.6) is 5.75 Å². The summed E-state index contributed by atoms with van der Waals surface area (Å²) >= 11 is 2.52. The van der Waals surface area contributed by atoms with Crippen LogP contribution in [0.3, 0.4) is 0 Å². The molecule has 0 aliphatic carbocycles. The molecular weight excluding hydrogens is 394 g/mol. The maximum absolute atomic E-state index is 12.1. The van der Waals surface area contributed by atoms with E-state index in [0.29, 0.717) is 17.1 Å². The van der Waals surface area contributed by atoms with Crippen LogP contribution in [0, 0.1) is 0 Å². The van der Waals surface area contributed by atoms with Crippen LogP contribution in [0.15, 0.2) is 36.7 Å². The van der Waals surface area contributed by atoms with Gasteiger partial charge in [-0.2, -0.15) is 0 Å². The topological polar surface area (TPSA) is 55.3 Å². The van der Waals surface area contributed by atoms with Crippen LogP contribution in [0.2, 0.25) is 0 Å². The van der Waals surface area contributed by atoms with E-state index in [1.165, 1.54) is 42.5 Å². The molecule has 0 unspecified atom stereocenters. The third-order valence-electron chi connectivity index (χ3n) is 2.62. The molecule has 2 rings (SSSR count). The third-order valence-corrected chi connectivity index (χ3v) is 3.14. The van der Waals surface area contributed by atoms with Crippen molar-refractivity contribution in [2.45, 2.75) is 6.36 Å². The number of hydrogen-bond donors (Lipinski definition) is 0. The number of nitrogens with zero attached hydrogens (tertiary/aromatic N) is 3. The van der Waals surface area contributed by atoms with Crippen LogP contribution in [-0.2, 0) is 19.2 Å². The van der Waals surface area contributed by atoms with E-state index in [-0.39, 0.29) is 10.1 Å². The quantitative estimate of drug-likeness (QED) is 0.740. The minimum absolute atomic E-state index is 0.320. The Balaban J connectivity index is 2.25. The Morgan fingerprint density at radius 3 is 2.41 bits per heavy atom. The van der Waals surface area contributed by atoms with Gasteiger partial charge >= 0.3 is 134 Å². The SMILES string of the molecule is CN([C](=O)[Pd])c1cc(-c2ccc(OC(F)(F)F)cc2)ncn1. The van der Waals surface area contributed by atoms with Gasteiger partial charge in [0.05, 0.1) is 0 Å². The zero-order chi connectivity index (χ0) is 16.3. The predicted octanol–water partition coefficient (Wildman–Crippen LogP) is 3.15. The molecule has 1 heterocycles. The fraction of sp³-hybridized carbons (Fsp3) is 0.154. The van der Waals surface area contributed by atoms with Gasteiger partial charge in [-0.25, -0.2) is 0 Å². The molecule has 2 aromatic rings. The molecule has 0 radical (unpaired) electrons. The summed E-state index contributed by atoms with van der Waals surface area (Å²) < 4.78 is 39.7. The van der Waals surface area contributed by atoms with Gasteiger partial charge in [0.2, 0.25) is 0 Å². The van der Waals surface area contributed by atoms with Crippen molar-refractivity contribution in [2.24, 2.45) is 0 Å².